The minimum absolute atomic E-state index is 0.326. The summed E-state index contributed by atoms with van der Waals surface area (Å²) < 4.78 is 16.3. The minimum Gasteiger partial charge on any atom is -0.454 e. The topological polar surface area (TPSA) is 39.7 Å². The number of rotatable bonds is 9. The van der Waals surface area contributed by atoms with Crippen molar-refractivity contribution in [2.24, 2.45) is 0 Å². The average Bonchev–Trinajstić information content (AvgIpc) is 2.89. The third kappa shape index (κ3) is 4.73. The second-order valence-corrected chi connectivity index (χ2v) is 4.76. The van der Waals surface area contributed by atoms with Gasteiger partial charge in [0.2, 0.25) is 6.79 Å². The Labute approximate surface area is 115 Å². The molecule has 0 bridgehead atoms. The number of nitrogens with one attached hydrogen (secondary N) is 1. The fraction of sp³-hybridized carbons (Fsp3) is 0.600. The lowest BCUT2D eigenvalue weighted by atomic mass is 10.2. The second kappa shape index (κ2) is 8.02. The molecule has 0 radical (unpaired) electrons. The van der Waals surface area contributed by atoms with E-state index in [0.717, 1.165) is 36.6 Å². The van der Waals surface area contributed by atoms with Gasteiger partial charge in [0.05, 0.1) is 6.61 Å². The summed E-state index contributed by atoms with van der Waals surface area (Å²) >= 11 is 0. The van der Waals surface area contributed by atoms with Crippen molar-refractivity contribution in [2.45, 2.75) is 32.3 Å². The first-order chi connectivity index (χ1) is 9.40. The summed E-state index contributed by atoms with van der Waals surface area (Å²) in [6, 6.07) is 5.97. The molecule has 0 unspecified atom stereocenters. The molecule has 4 heteroatoms. The molecule has 1 aromatic rings. The first-order valence-electron chi connectivity index (χ1n) is 7.01. The monoisotopic (exact) mass is 265 g/mol. The summed E-state index contributed by atoms with van der Waals surface area (Å²) in [5, 5.41) is 3.16. The summed E-state index contributed by atoms with van der Waals surface area (Å²) in [7, 11) is 1.99. The van der Waals surface area contributed by atoms with Crippen LogP contribution in [-0.4, -0.2) is 27.0 Å². The van der Waals surface area contributed by atoms with Crippen LogP contribution >= 0.6 is 0 Å². The van der Waals surface area contributed by atoms with Crippen LogP contribution in [0.25, 0.3) is 0 Å². The first kappa shape index (κ1) is 14.2. The molecule has 0 atom stereocenters. The van der Waals surface area contributed by atoms with E-state index in [-0.39, 0.29) is 0 Å². The number of hydrogen-bond acceptors (Lipinski definition) is 4. The molecule has 1 aromatic carbocycles. The lowest BCUT2D eigenvalue weighted by Gasteiger charge is -2.05. The largest absolute Gasteiger partial charge is 0.454 e. The number of hydrogen-bond donors (Lipinski definition) is 1. The smallest absolute Gasteiger partial charge is 0.231 e. The Morgan fingerprint density at radius 3 is 2.84 bits per heavy atom. The zero-order valence-electron chi connectivity index (χ0n) is 11.6. The Morgan fingerprint density at radius 2 is 1.95 bits per heavy atom. The molecule has 1 N–H and O–H groups in total. The van der Waals surface area contributed by atoms with Crippen molar-refractivity contribution in [1.82, 2.24) is 5.32 Å². The average molecular weight is 265 g/mol. The Hall–Kier alpha value is -1.26. The maximum absolute atomic E-state index is 5.67. The van der Waals surface area contributed by atoms with Crippen LogP contribution in [-0.2, 0) is 11.3 Å². The third-order valence-corrected chi connectivity index (χ3v) is 3.17. The van der Waals surface area contributed by atoms with Crippen molar-refractivity contribution in [1.29, 1.82) is 0 Å². The standard InChI is InChI=1S/C15H23NO3/c1-16-8-4-2-3-5-9-17-11-13-6-7-14-15(10-13)19-12-18-14/h6-7,10,16H,2-5,8-9,11-12H2,1H3. The van der Waals surface area contributed by atoms with E-state index in [0.29, 0.717) is 13.4 Å². The van der Waals surface area contributed by atoms with Gasteiger partial charge in [0, 0.05) is 6.61 Å². The SMILES string of the molecule is CNCCCCCCOCc1ccc2c(c1)OCO2. The molecule has 0 fully saturated rings. The minimum atomic E-state index is 0.326. The zero-order valence-corrected chi connectivity index (χ0v) is 11.6. The van der Waals surface area contributed by atoms with Gasteiger partial charge in [-0.2, -0.15) is 0 Å². The molecular weight excluding hydrogens is 242 g/mol. The van der Waals surface area contributed by atoms with Crippen molar-refractivity contribution in [3.05, 3.63) is 23.8 Å². The van der Waals surface area contributed by atoms with Gasteiger partial charge in [0.25, 0.3) is 0 Å². The Balaban J connectivity index is 1.56. The predicted molar refractivity (Wildman–Crippen MR) is 74.6 cm³/mol. The highest BCUT2D eigenvalue weighted by molar-refractivity contribution is 5.44. The fourth-order valence-corrected chi connectivity index (χ4v) is 2.08. The van der Waals surface area contributed by atoms with E-state index < -0.39 is 0 Å². The second-order valence-electron chi connectivity index (χ2n) is 4.76. The van der Waals surface area contributed by atoms with Crippen molar-refractivity contribution < 1.29 is 14.2 Å². The van der Waals surface area contributed by atoms with Crippen molar-refractivity contribution in [2.75, 3.05) is 27.0 Å². The van der Waals surface area contributed by atoms with Gasteiger partial charge in [-0.3, -0.25) is 0 Å². The van der Waals surface area contributed by atoms with E-state index >= 15 is 0 Å². The van der Waals surface area contributed by atoms with Crippen molar-refractivity contribution in [3.8, 4) is 11.5 Å². The van der Waals surface area contributed by atoms with Gasteiger partial charge < -0.3 is 19.5 Å². The first-order valence-corrected chi connectivity index (χ1v) is 7.01. The molecule has 4 nitrogen and oxygen atoms in total. The summed E-state index contributed by atoms with van der Waals surface area (Å²) in [4.78, 5) is 0. The van der Waals surface area contributed by atoms with E-state index in [9.17, 15) is 0 Å². The molecule has 1 heterocycles. The molecule has 0 spiro atoms. The molecule has 2 rings (SSSR count). The van der Waals surface area contributed by atoms with Gasteiger partial charge in [0.1, 0.15) is 0 Å². The van der Waals surface area contributed by atoms with Crippen LogP contribution < -0.4 is 14.8 Å². The zero-order chi connectivity index (χ0) is 13.3. The Morgan fingerprint density at radius 1 is 1.11 bits per heavy atom. The quantitative estimate of drug-likeness (QED) is 0.697. The van der Waals surface area contributed by atoms with E-state index in [1.54, 1.807) is 0 Å². The van der Waals surface area contributed by atoms with Gasteiger partial charge in [-0.15, -0.1) is 0 Å². The van der Waals surface area contributed by atoms with Crippen LogP contribution in [0.1, 0.15) is 31.2 Å². The van der Waals surface area contributed by atoms with Crippen LogP contribution in [0.15, 0.2) is 18.2 Å². The van der Waals surface area contributed by atoms with E-state index in [1.165, 1.54) is 19.3 Å². The predicted octanol–water partition coefficient (Wildman–Crippen LogP) is 2.71. The number of fused-ring (bicyclic) bond motifs is 1. The van der Waals surface area contributed by atoms with E-state index in [2.05, 4.69) is 5.32 Å². The van der Waals surface area contributed by atoms with Gasteiger partial charge >= 0.3 is 0 Å². The number of ether oxygens (including phenoxy) is 3. The van der Waals surface area contributed by atoms with E-state index in [4.69, 9.17) is 14.2 Å². The maximum Gasteiger partial charge on any atom is 0.231 e. The molecule has 1 aliphatic heterocycles. The normalized spacial score (nSPS) is 12.9. The van der Waals surface area contributed by atoms with Crippen LogP contribution in [0.2, 0.25) is 0 Å². The van der Waals surface area contributed by atoms with E-state index in [1.807, 2.05) is 25.2 Å². The van der Waals surface area contributed by atoms with Crippen LogP contribution in [0.3, 0.4) is 0 Å². The fourth-order valence-electron chi connectivity index (χ4n) is 2.08. The third-order valence-electron chi connectivity index (χ3n) is 3.17. The molecule has 0 saturated carbocycles. The molecule has 0 aromatic heterocycles. The lowest BCUT2D eigenvalue weighted by molar-refractivity contribution is 0.116. The molecule has 0 amide bonds. The highest BCUT2D eigenvalue weighted by Crippen LogP contribution is 2.32. The summed E-state index contributed by atoms with van der Waals surface area (Å²) in [5.41, 5.74) is 1.14. The Bertz CT molecular complexity index is 382. The summed E-state index contributed by atoms with van der Waals surface area (Å²) in [6.45, 7) is 2.91. The number of benzene rings is 1. The molecule has 1 aliphatic rings. The summed E-state index contributed by atoms with van der Waals surface area (Å²) in [5.74, 6) is 1.65. The molecule has 0 saturated heterocycles. The lowest BCUT2D eigenvalue weighted by Crippen LogP contribution is -2.07. The van der Waals surface area contributed by atoms with Crippen molar-refractivity contribution >= 4 is 0 Å². The van der Waals surface area contributed by atoms with Gasteiger partial charge in [0.15, 0.2) is 11.5 Å². The highest BCUT2D eigenvalue weighted by Gasteiger charge is 2.12. The van der Waals surface area contributed by atoms with Crippen molar-refractivity contribution in [3.63, 3.8) is 0 Å². The van der Waals surface area contributed by atoms with Gasteiger partial charge in [-0.1, -0.05) is 18.9 Å². The van der Waals surface area contributed by atoms with Gasteiger partial charge in [-0.25, -0.2) is 0 Å². The van der Waals surface area contributed by atoms with Crippen LogP contribution in [0.4, 0.5) is 0 Å². The highest BCUT2D eigenvalue weighted by atomic mass is 16.7. The molecule has 106 valence electrons. The number of unbranched alkanes of at least 4 members (excludes halogenated alkanes) is 3. The van der Waals surface area contributed by atoms with Crippen LogP contribution in [0.5, 0.6) is 11.5 Å². The van der Waals surface area contributed by atoms with Crippen LogP contribution in [0, 0.1) is 0 Å². The molecular formula is C15H23NO3. The Kier molecular flexibility index (Phi) is 5.98. The summed E-state index contributed by atoms with van der Waals surface area (Å²) in [6.07, 6.45) is 4.89. The maximum atomic E-state index is 5.67. The molecule has 0 aliphatic carbocycles. The molecule has 19 heavy (non-hydrogen) atoms. The van der Waals surface area contributed by atoms with Gasteiger partial charge in [-0.05, 0) is 44.1 Å².